The Kier molecular flexibility index (Phi) is 5.86. The van der Waals surface area contributed by atoms with E-state index in [0.717, 1.165) is 31.9 Å². The van der Waals surface area contributed by atoms with Gasteiger partial charge in [-0.05, 0) is 30.3 Å². The van der Waals surface area contributed by atoms with Crippen molar-refractivity contribution >= 4 is 0 Å². The van der Waals surface area contributed by atoms with Crippen LogP contribution in [0.1, 0.15) is 0 Å². The first-order valence-electron chi connectivity index (χ1n) is 8.58. The van der Waals surface area contributed by atoms with Crippen LogP contribution in [0.25, 0.3) is 11.1 Å². The molecular weight excluding hydrogens is 300 g/mol. The molecule has 1 fully saturated rings. The first kappa shape index (κ1) is 17.0. The molecule has 2 aromatic rings. The van der Waals surface area contributed by atoms with Crippen LogP contribution < -0.4 is 4.74 Å². The van der Waals surface area contributed by atoms with Crippen molar-refractivity contribution in [2.24, 2.45) is 0 Å². The molecule has 0 unspecified atom stereocenters. The summed E-state index contributed by atoms with van der Waals surface area (Å²) in [5.74, 6) is 0.798. The van der Waals surface area contributed by atoms with E-state index in [1.54, 1.807) is 0 Å². The lowest BCUT2D eigenvalue weighted by molar-refractivity contribution is 0.0505. The van der Waals surface area contributed by atoms with Crippen molar-refractivity contribution < 1.29 is 9.84 Å². The van der Waals surface area contributed by atoms with Crippen molar-refractivity contribution in [3.05, 3.63) is 54.6 Å². The van der Waals surface area contributed by atoms with Crippen molar-refractivity contribution in [3.8, 4) is 16.9 Å². The molecular formula is C20H26N2O2. The van der Waals surface area contributed by atoms with Crippen LogP contribution in [0, 0.1) is 0 Å². The Morgan fingerprint density at radius 3 is 2.21 bits per heavy atom. The Bertz CT molecular complexity index is 607. The zero-order valence-electron chi connectivity index (χ0n) is 14.3. The van der Waals surface area contributed by atoms with E-state index in [-0.39, 0.29) is 0 Å². The lowest BCUT2D eigenvalue weighted by atomic mass is 10.1. The van der Waals surface area contributed by atoms with Crippen LogP contribution in [0.5, 0.6) is 5.75 Å². The molecule has 1 heterocycles. The highest BCUT2D eigenvalue weighted by Crippen LogP contribution is 2.22. The van der Waals surface area contributed by atoms with E-state index in [0.29, 0.717) is 13.2 Å². The van der Waals surface area contributed by atoms with Gasteiger partial charge in [-0.3, -0.25) is 4.90 Å². The van der Waals surface area contributed by atoms with Crippen molar-refractivity contribution in [1.29, 1.82) is 0 Å². The predicted molar refractivity (Wildman–Crippen MR) is 97.3 cm³/mol. The zero-order chi connectivity index (χ0) is 16.8. The lowest BCUT2D eigenvalue weighted by Crippen LogP contribution is -2.47. The van der Waals surface area contributed by atoms with Gasteiger partial charge in [-0.1, -0.05) is 42.5 Å². The summed E-state index contributed by atoms with van der Waals surface area (Å²) in [4.78, 5) is 4.61. The number of likely N-dealkylation sites (N-methyl/N-ethyl adjacent to an activating group) is 1. The molecule has 3 rings (SSSR count). The molecule has 1 aliphatic rings. The van der Waals surface area contributed by atoms with Crippen LogP contribution in [-0.4, -0.2) is 67.4 Å². The van der Waals surface area contributed by atoms with Crippen LogP contribution in [0.4, 0.5) is 0 Å². The maximum atomic E-state index is 10.2. The molecule has 0 saturated carbocycles. The van der Waals surface area contributed by atoms with Gasteiger partial charge < -0.3 is 14.7 Å². The summed E-state index contributed by atoms with van der Waals surface area (Å²) >= 11 is 0. The average Bonchev–Trinajstić information content (AvgIpc) is 2.63. The normalized spacial score (nSPS) is 17.6. The largest absolute Gasteiger partial charge is 0.491 e. The summed E-state index contributed by atoms with van der Waals surface area (Å²) in [5.41, 5.74) is 2.36. The highest BCUT2D eigenvalue weighted by molar-refractivity contribution is 5.63. The van der Waals surface area contributed by atoms with Gasteiger partial charge in [0.15, 0.2) is 0 Å². The van der Waals surface area contributed by atoms with E-state index in [2.05, 4.69) is 41.1 Å². The molecule has 0 amide bonds. The van der Waals surface area contributed by atoms with E-state index < -0.39 is 6.10 Å². The second-order valence-corrected chi connectivity index (χ2v) is 6.46. The third kappa shape index (κ3) is 4.81. The van der Waals surface area contributed by atoms with Gasteiger partial charge in [0.2, 0.25) is 0 Å². The zero-order valence-corrected chi connectivity index (χ0v) is 14.3. The Labute approximate surface area is 144 Å². The van der Waals surface area contributed by atoms with E-state index in [1.165, 1.54) is 11.1 Å². The Morgan fingerprint density at radius 2 is 1.54 bits per heavy atom. The summed E-state index contributed by atoms with van der Waals surface area (Å²) in [6.45, 7) is 5.16. The number of β-amino-alcohol motifs (C(OH)–C–C–N with tert-alkyl or cyclic N) is 1. The number of hydrogen-bond donors (Lipinski definition) is 1. The summed E-state index contributed by atoms with van der Waals surface area (Å²) in [6, 6.07) is 18.3. The summed E-state index contributed by atoms with van der Waals surface area (Å²) in [7, 11) is 2.13. The Balaban J connectivity index is 1.46. The van der Waals surface area contributed by atoms with Crippen molar-refractivity contribution in [2.75, 3.05) is 46.4 Å². The van der Waals surface area contributed by atoms with Gasteiger partial charge in [0.05, 0.1) is 0 Å². The van der Waals surface area contributed by atoms with Gasteiger partial charge in [0.25, 0.3) is 0 Å². The molecule has 0 spiro atoms. The minimum absolute atomic E-state index is 0.330. The van der Waals surface area contributed by atoms with Gasteiger partial charge in [-0.25, -0.2) is 0 Å². The third-order valence-electron chi connectivity index (χ3n) is 4.47. The van der Waals surface area contributed by atoms with Gasteiger partial charge in [-0.15, -0.1) is 0 Å². The molecule has 128 valence electrons. The molecule has 0 aliphatic carbocycles. The highest BCUT2D eigenvalue weighted by Gasteiger charge is 2.17. The number of rotatable bonds is 6. The van der Waals surface area contributed by atoms with Crippen LogP contribution >= 0.6 is 0 Å². The SMILES string of the molecule is CN1CCN(C[C@H](O)COc2ccc(-c3ccccc3)cc2)CC1. The topological polar surface area (TPSA) is 35.9 Å². The smallest absolute Gasteiger partial charge is 0.119 e. The number of hydrogen-bond acceptors (Lipinski definition) is 4. The van der Waals surface area contributed by atoms with Crippen LogP contribution in [0.3, 0.4) is 0 Å². The van der Waals surface area contributed by atoms with E-state index >= 15 is 0 Å². The summed E-state index contributed by atoms with van der Waals surface area (Å²) in [6.07, 6.45) is -0.456. The number of aliphatic hydroxyl groups is 1. The first-order chi connectivity index (χ1) is 11.7. The quantitative estimate of drug-likeness (QED) is 0.884. The molecule has 0 bridgehead atoms. The number of benzene rings is 2. The first-order valence-corrected chi connectivity index (χ1v) is 8.58. The second-order valence-electron chi connectivity index (χ2n) is 6.46. The molecule has 2 aromatic carbocycles. The van der Waals surface area contributed by atoms with E-state index in [1.807, 2.05) is 30.3 Å². The highest BCUT2D eigenvalue weighted by atomic mass is 16.5. The Hall–Kier alpha value is -1.88. The fraction of sp³-hybridized carbons (Fsp3) is 0.400. The summed E-state index contributed by atoms with van der Waals surface area (Å²) < 4.78 is 5.73. The molecule has 0 radical (unpaired) electrons. The molecule has 4 nitrogen and oxygen atoms in total. The number of piperazine rings is 1. The third-order valence-corrected chi connectivity index (χ3v) is 4.47. The number of nitrogens with zero attached hydrogens (tertiary/aromatic N) is 2. The predicted octanol–water partition coefficient (Wildman–Crippen LogP) is 2.34. The molecule has 24 heavy (non-hydrogen) atoms. The maximum Gasteiger partial charge on any atom is 0.119 e. The Morgan fingerprint density at radius 1 is 0.917 bits per heavy atom. The minimum atomic E-state index is -0.456. The van der Waals surface area contributed by atoms with Crippen molar-refractivity contribution in [2.45, 2.75) is 6.10 Å². The van der Waals surface area contributed by atoms with Gasteiger partial charge in [0.1, 0.15) is 18.5 Å². The molecule has 0 aromatic heterocycles. The minimum Gasteiger partial charge on any atom is -0.491 e. The molecule has 1 N–H and O–H groups in total. The van der Waals surface area contributed by atoms with Crippen LogP contribution in [0.2, 0.25) is 0 Å². The number of aliphatic hydroxyl groups excluding tert-OH is 1. The summed E-state index contributed by atoms with van der Waals surface area (Å²) in [5, 5.41) is 10.2. The molecule has 1 saturated heterocycles. The molecule has 1 atom stereocenters. The fourth-order valence-corrected chi connectivity index (χ4v) is 2.95. The van der Waals surface area contributed by atoms with Crippen LogP contribution in [-0.2, 0) is 0 Å². The number of ether oxygens (including phenoxy) is 1. The molecule has 4 heteroatoms. The fourth-order valence-electron chi connectivity index (χ4n) is 2.95. The monoisotopic (exact) mass is 326 g/mol. The standard InChI is InChI=1S/C20H26N2O2/c1-21-11-13-22(14-12-21)15-19(23)16-24-20-9-7-18(8-10-20)17-5-3-2-4-6-17/h2-10,19,23H,11-16H2,1H3/t19-/m0/s1. The van der Waals surface area contributed by atoms with Crippen LogP contribution in [0.15, 0.2) is 54.6 Å². The van der Waals surface area contributed by atoms with Gasteiger partial charge in [-0.2, -0.15) is 0 Å². The van der Waals surface area contributed by atoms with Gasteiger partial charge >= 0.3 is 0 Å². The van der Waals surface area contributed by atoms with E-state index in [4.69, 9.17) is 4.74 Å². The van der Waals surface area contributed by atoms with Crippen molar-refractivity contribution in [3.63, 3.8) is 0 Å². The lowest BCUT2D eigenvalue weighted by Gasteiger charge is -2.33. The molecule has 1 aliphatic heterocycles. The maximum absolute atomic E-state index is 10.2. The second kappa shape index (κ2) is 8.29. The van der Waals surface area contributed by atoms with Gasteiger partial charge in [0, 0.05) is 32.7 Å². The van der Waals surface area contributed by atoms with Crippen molar-refractivity contribution in [1.82, 2.24) is 9.80 Å². The average molecular weight is 326 g/mol. The van der Waals surface area contributed by atoms with E-state index in [9.17, 15) is 5.11 Å².